The molecule has 5 heteroatoms. The van der Waals surface area contributed by atoms with Gasteiger partial charge in [-0.15, -0.1) is 0 Å². The van der Waals surface area contributed by atoms with Crippen LogP contribution < -0.4 is 14.4 Å². The number of benzene rings is 2. The van der Waals surface area contributed by atoms with E-state index in [0.29, 0.717) is 23.9 Å². The van der Waals surface area contributed by atoms with E-state index >= 15 is 0 Å². The van der Waals surface area contributed by atoms with E-state index in [1.165, 1.54) is 6.08 Å². The number of carbonyl (C=O) groups is 1. The second kappa shape index (κ2) is 6.75. The van der Waals surface area contributed by atoms with Crippen molar-refractivity contribution in [3.05, 3.63) is 59.1 Å². The zero-order valence-electron chi connectivity index (χ0n) is 12.7. The molecular weight excluding hydrogens is 314 g/mol. The molecule has 0 saturated heterocycles. The molecule has 0 saturated carbocycles. The first-order chi connectivity index (χ1) is 11.2. The van der Waals surface area contributed by atoms with Crippen LogP contribution in [0.5, 0.6) is 11.5 Å². The Morgan fingerprint density at radius 1 is 1.30 bits per heavy atom. The van der Waals surface area contributed by atoms with Crippen LogP contribution in [0.4, 0.5) is 5.69 Å². The minimum atomic E-state index is -0.109. The van der Waals surface area contributed by atoms with Gasteiger partial charge in [0.1, 0.15) is 18.1 Å². The maximum atomic E-state index is 12.5. The summed E-state index contributed by atoms with van der Waals surface area (Å²) in [6, 6.07) is 12.8. The number of anilines is 1. The third-order valence-corrected chi connectivity index (χ3v) is 3.83. The number of methoxy groups -OCH3 is 1. The van der Waals surface area contributed by atoms with Gasteiger partial charge in [-0.25, -0.2) is 0 Å². The van der Waals surface area contributed by atoms with Crippen LogP contribution in [-0.2, 0) is 4.79 Å². The molecule has 0 fully saturated rings. The Balaban J connectivity index is 1.84. The van der Waals surface area contributed by atoms with Crippen molar-refractivity contribution in [1.29, 1.82) is 0 Å². The summed E-state index contributed by atoms with van der Waals surface area (Å²) in [6.07, 6.45) is 3.24. The average Bonchev–Trinajstić information content (AvgIpc) is 2.59. The molecule has 118 valence electrons. The molecule has 0 aromatic heterocycles. The summed E-state index contributed by atoms with van der Waals surface area (Å²) in [5.41, 5.74) is 1.54. The molecule has 2 aromatic carbocycles. The van der Waals surface area contributed by atoms with Gasteiger partial charge in [-0.2, -0.15) is 0 Å². The number of amides is 1. The highest BCUT2D eigenvalue weighted by atomic mass is 35.5. The Hall–Kier alpha value is -2.46. The van der Waals surface area contributed by atoms with Gasteiger partial charge < -0.3 is 14.4 Å². The van der Waals surface area contributed by atoms with Crippen LogP contribution in [-0.4, -0.2) is 26.2 Å². The smallest absolute Gasteiger partial charge is 0.251 e. The van der Waals surface area contributed by atoms with Crippen LogP contribution in [0.1, 0.15) is 5.56 Å². The maximum Gasteiger partial charge on any atom is 0.251 e. The van der Waals surface area contributed by atoms with Crippen molar-refractivity contribution in [1.82, 2.24) is 0 Å². The maximum absolute atomic E-state index is 12.5. The lowest BCUT2D eigenvalue weighted by Gasteiger charge is -2.28. The molecule has 0 radical (unpaired) electrons. The van der Waals surface area contributed by atoms with Crippen molar-refractivity contribution in [3.8, 4) is 11.5 Å². The van der Waals surface area contributed by atoms with E-state index in [9.17, 15) is 4.79 Å². The number of fused-ring (bicyclic) bond motifs is 1. The highest BCUT2D eigenvalue weighted by Crippen LogP contribution is 2.31. The fourth-order valence-corrected chi connectivity index (χ4v) is 2.67. The predicted octanol–water partition coefficient (Wildman–Crippen LogP) is 3.79. The van der Waals surface area contributed by atoms with E-state index in [-0.39, 0.29) is 5.91 Å². The Bertz CT molecular complexity index is 758. The van der Waals surface area contributed by atoms with Crippen molar-refractivity contribution in [2.45, 2.75) is 0 Å². The minimum absolute atomic E-state index is 0.109. The third-order valence-electron chi connectivity index (χ3n) is 3.59. The van der Waals surface area contributed by atoms with Gasteiger partial charge >= 0.3 is 0 Å². The van der Waals surface area contributed by atoms with Gasteiger partial charge in [-0.05, 0) is 36.4 Å². The molecule has 0 unspecified atom stereocenters. The van der Waals surface area contributed by atoms with Crippen LogP contribution in [0.3, 0.4) is 0 Å². The van der Waals surface area contributed by atoms with E-state index in [1.54, 1.807) is 36.3 Å². The van der Waals surface area contributed by atoms with Crippen molar-refractivity contribution >= 4 is 29.3 Å². The molecule has 1 heterocycles. The lowest BCUT2D eigenvalue weighted by molar-refractivity contribution is -0.114. The van der Waals surface area contributed by atoms with Crippen molar-refractivity contribution < 1.29 is 14.3 Å². The molecule has 1 aliphatic heterocycles. The summed E-state index contributed by atoms with van der Waals surface area (Å²) in [5, 5.41) is 0.592. The molecule has 23 heavy (non-hydrogen) atoms. The predicted molar refractivity (Wildman–Crippen MR) is 91.3 cm³/mol. The van der Waals surface area contributed by atoms with Gasteiger partial charge in [0.25, 0.3) is 5.91 Å². The topological polar surface area (TPSA) is 38.8 Å². The number of hydrogen-bond acceptors (Lipinski definition) is 3. The molecule has 0 N–H and O–H groups in total. The zero-order valence-corrected chi connectivity index (χ0v) is 13.4. The van der Waals surface area contributed by atoms with Crippen LogP contribution in [0, 0.1) is 0 Å². The van der Waals surface area contributed by atoms with Crippen LogP contribution >= 0.6 is 11.6 Å². The second-order valence-corrected chi connectivity index (χ2v) is 5.46. The van der Waals surface area contributed by atoms with Crippen molar-refractivity contribution in [2.75, 3.05) is 25.2 Å². The first kappa shape index (κ1) is 15.4. The fourth-order valence-electron chi connectivity index (χ4n) is 2.48. The molecule has 0 bridgehead atoms. The fraction of sp³-hybridized carbons (Fsp3) is 0.167. The van der Waals surface area contributed by atoms with Gasteiger partial charge in [0, 0.05) is 16.7 Å². The number of rotatable bonds is 3. The number of nitrogens with zero attached hydrogens (tertiary/aromatic N) is 1. The standard InChI is InChI=1S/C18H16ClNO3/c1-22-16-8-7-14(19)12-13(16)6-9-18(21)20-10-11-23-17-5-3-2-4-15(17)20/h2-9,12H,10-11H2,1H3/b9-6+. The monoisotopic (exact) mass is 329 g/mol. The molecule has 1 aliphatic rings. The van der Waals surface area contributed by atoms with E-state index in [0.717, 1.165) is 17.0 Å². The summed E-state index contributed by atoms with van der Waals surface area (Å²) < 4.78 is 10.8. The molecule has 0 atom stereocenters. The van der Waals surface area contributed by atoms with E-state index < -0.39 is 0 Å². The Labute approximate surface area is 139 Å². The van der Waals surface area contributed by atoms with Gasteiger partial charge in [0.15, 0.2) is 0 Å². The molecule has 4 nitrogen and oxygen atoms in total. The van der Waals surface area contributed by atoms with E-state index in [2.05, 4.69) is 0 Å². The molecule has 2 aromatic rings. The number of para-hydroxylation sites is 2. The minimum Gasteiger partial charge on any atom is -0.496 e. The highest BCUT2D eigenvalue weighted by Gasteiger charge is 2.21. The van der Waals surface area contributed by atoms with Gasteiger partial charge in [-0.1, -0.05) is 23.7 Å². The lowest BCUT2D eigenvalue weighted by atomic mass is 10.1. The molecule has 1 amide bonds. The summed E-state index contributed by atoms with van der Waals surface area (Å²) >= 11 is 6.00. The first-order valence-electron chi connectivity index (χ1n) is 7.24. The van der Waals surface area contributed by atoms with Crippen molar-refractivity contribution in [2.24, 2.45) is 0 Å². The summed E-state index contributed by atoms with van der Waals surface area (Å²) in [6.45, 7) is 1.00. The second-order valence-electron chi connectivity index (χ2n) is 5.03. The third kappa shape index (κ3) is 3.32. The summed E-state index contributed by atoms with van der Waals surface area (Å²) in [5.74, 6) is 1.28. The lowest BCUT2D eigenvalue weighted by Crippen LogP contribution is -2.36. The Morgan fingerprint density at radius 2 is 2.13 bits per heavy atom. The quantitative estimate of drug-likeness (QED) is 0.804. The van der Waals surface area contributed by atoms with Crippen LogP contribution in [0.25, 0.3) is 6.08 Å². The van der Waals surface area contributed by atoms with E-state index in [1.807, 2.05) is 24.3 Å². The van der Waals surface area contributed by atoms with Crippen LogP contribution in [0.15, 0.2) is 48.5 Å². The number of halogens is 1. The van der Waals surface area contributed by atoms with Gasteiger partial charge in [0.05, 0.1) is 19.3 Å². The van der Waals surface area contributed by atoms with Gasteiger partial charge in [-0.3, -0.25) is 4.79 Å². The Kier molecular flexibility index (Phi) is 4.53. The summed E-state index contributed by atoms with van der Waals surface area (Å²) in [7, 11) is 1.58. The molecule has 0 spiro atoms. The highest BCUT2D eigenvalue weighted by molar-refractivity contribution is 6.30. The average molecular weight is 330 g/mol. The van der Waals surface area contributed by atoms with Crippen molar-refractivity contribution in [3.63, 3.8) is 0 Å². The zero-order chi connectivity index (χ0) is 16.2. The number of carbonyl (C=O) groups excluding carboxylic acids is 1. The normalized spacial score (nSPS) is 13.6. The number of ether oxygens (including phenoxy) is 2. The number of hydrogen-bond donors (Lipinski definition) is 0. The molecule has 3 rings (SSSR count). The molecular formula is C18H16ClNO3. The molecule has 0 aliphatic carbocycles. The van der Waals surface area contributed by atoms with Crippen LogP contribution in [0.2, 0.25) is 5.02 Å². The summed E-state index contributed by atoms with van der Waals surface area (Å²) in [4.78, 5) is 14.2. The van der Waals surface area contributed by atoms with Gasteiger partial charge in [0.2, 0.25) is 0 Å². The first-order valence-corrected chi connectivity index (χ1v) is 7.62. The largest absolute Gasteiger partial charge is 0.496 e. The SMILES string of the molecule is COc1ccc(Cl)cc1/C=C/C(=O)N1CCOc2ccccc21. The van der Waals surface area contributed by atoms with E-state index in [4.69, 9.17) is 21.1 Å². The Morgan fingerprint density at radius 3 is 2.96 bits per heavy atom.